The summed E-state index contributed by atoms with van der Waals surface area (Å²) in [5.74, 6) is -0.639. The van der Waals surface area contributed by atoms with Gasteiger partial charge in [-0.15, -0.1) is 0 Å². The second kappa shape index (κ2) is 10.4. The molecule has 0 atom stereocenters. The van der Waals surface area contributed by atoms with Crippen LogP contribution in [0.25, 0.3) is 0 Å². The third kappa shape index (κ3) is 6.32. The standard InChI is InChI=1S/C23H22ClN3O3/c24-18-8-9-21(28)17(13-18)14-22(29)27-19-10-12-25-20(15-19)23(30)26-11-4-7-16-5-2-1-3-6-16/h1-3,5-6,8-10,12-13,15,28H,4,7,11,14H2,(H,26,30)(H,25,27,29). The molecule has 2 aromatic carbocycles. The summed E-state index contributed by atoms with van der Waals surface area (Å²) in [6, 6.07) is 17.7. The summed E-state index contributed by atoms with van der Waals surface area (Å²) in [6.07, 6.45) is 3.11. The zero-order valence-corrected chi connectivity index (χ0v) is 17.0. The van der Waals surface area contributed by atoms with Crippen molar-refractivity contribution in [1.82, 2.24) is 10.3 Å². The van der Waals surface area contributed by atoms with Gasteiger partial charge in [-0.05, 0) is 48.7 Å². The molecule has 1 aromatic heterocycles. The average Bonchev–Trinajstić information content (AvgIpc) is 2.74. The molecule has 2 amide bonds. The number of amides is 2. The molecule has 0 aliphatic heterocycles. The normalized spacial score (nSPS) is 10.4. The van der Waals surface area contributed by atoms with Crippen LogP contribution in [0.2, 0.25) is 5.02 Å². The first-order valence-corrected chi connectivity index (χ1v) is 9.94. The fraction of sp³-hybridized carbons (Fsp3) is 0.174. The van der Waals surface area contributed by atoms with Crippen molar-refractivity contribution < 1.29 is 14.7 Å². The zero-order chi connectivity index (χ0) is 21.3. The fourth-order valence-electron chi connectivity index (χ4n) is 2.94. The van der Waals surface area contributed by atoms with Crippen LogP contribution in [-0.4, -0.2) is 28.4 Å². The van der Waals surface area contributed by atoms with E-state index >= 15 is 0 Å². The summed E-state index contributed by atoms with van der Waals surface area (Å²) >= 11 is 5.91. The highest BCUT2D eigenvalue weighted by atomic mass is 35.5. The molecule has 30 heavy (non-hydrogen) atoms. The Morgan fingerprint density at radius 3 is 2.63 bits per heavy atom. The van der Waals surface area contributed by atoms with Gasteiger partial charge < -0.3 is 15.7 Å². The number of carbonyl (C=O) groups is 2. The second-order valence-corrected chi connectivity index (χ2v) is 7.21. The molecule has 0 radical (unpaired) electrons. The number of halogens is 1. The summed E-state index contributed by atoms with van der Waals surface area (Å²) in [4.78, 5) is 28.7. The number of pyridine rings is 1. The van der Waals surface area contributed by atoms with Gasteiger partial charge >= 0.3 is 0 Å². The number of phenols is 1. The number of nitrogens with one attached hydrogen (secondary N) is 2. The lowest BCUT2D eigenvalue weighted by molar-refractivity contribution is -0.115. The number of anilines is 1. The van der Waals surface area contributed by atoms with Crippen LogP contribution in [0.15, 0.2) is 66.9 Å². The summed E-state index contributed by atoms with van der Waals surface area (Å²) in [5.41, 5.74) is 2.31. The Balaban J connectivity index is 1.51. The quantitative estimate of drug-likeness (QED) is 0.478. The van der Waals surface area contributed by atoms with E-state index < -0.39 is 0 Å². The van der Waals surface area contributed by atoms with Crippen LogP contribution in [0.1, 0.15) is 28.0 Å². The molecule has 3 rings (SSSR count). The number of nitrogens with zero attached hydrogens (tertiary/aromatic N) is 1. The van der Waals surface area contributed by atoms with Crippen molar-refractivity contribution in [2.45, 2.75) is 19.3 Å². The fourth-order valence-corrected chi connectivity index (χ4v) is 3.13. The number of hydrogen-bond acceptors (Lipinski definition) is 4. The number of rotatable bonds is 8. The van der Waals surface area contributed by atoms with Gasteiger partial charge in [-0.3, -0.25) is 14.6 Å². The molecule has 3 aromatic rings. The molecule has 0 unspecified atom stereocenters. The summed E-state index contributed by atoms with van der Waals surface area (Å²) in [6.45, 7) is 0.528. The van der Waals surface area contributed by atoms with Gasteiger partial charge in [0.15, 0.2) is 0 Å². The number of aromatic hydroxyl groups is 1. The lowest BCUT2D eigenvalue weighted by Crippen LogP contribution is -2.26. The minimum atomic E-state index is -0.340. The van der Waals surface area contributed by atoms with E-state index in [1.165, 1.54) is 30.0 Å². The zero-order valence-electron chi connectivity index (χ0n) is 16.3. The first-order valence-electron chi connectivity index (χ1n) is 9.56. The van der Waals surface area contributed by atoms with E-state index in [1.54, 1.807) is 12.1 Å². The van der Waals surface area contributed by atoms with E-state index in [-0.39, 0.29) is 29.7 Å². The Morgan fingerprint density at radius 2 is 1.83 bits per heavy atom. The van der Waals surface area contributed by atoms with Gasteiger partial charge in [-0.2, -0.15) is 0 Å². The predicted octanol–water partition coefficient (Wildman–Crippen LogP) is 3.98. The van der Waals surface area contributed by atoms with Gasteiger partial charge in [-0.25, -0.2) is 0 Å². The molecule has 7 heteroatoms. The van der Waals surface area contributed by atoms with Crippen molar-refractivity contribution in [3.05, 3.63) is 88.7 Å². The van der Waals surface area contributed by atoms with Gasteiger partial charge in [0.05, 0.1) is 6.42 Å². The molecule has 0 spiro atoms. The molecule has 3 N–H and O–H groups in total. The SMILES string of the molecule is O=C(Cc1cc(Cl)ccc1O)Nc1ccnc(C(=O)NCCCc2ccccc2)c1. The minimum Gasteiger partial charge on any atom is -0.508 e. The average molecular weight is 424 g/mol. The third-order valence-corrected chi connectivity index (χ3v) is 4.67. The molecule has 0 saturated heterocycles. The smallest absolute Gasteiger partial charge is 0.269 e. The van der Waals surface area contributed by atoms with Crippen molar-refractivity contribution in [1.29, 1.82) is 0 Å². The van der Waals surface area contributed by atoms with E-state index in [9.17, 15) is 14.7 Å². The first-order chi connectivity index (χ1) is 14.5. The maximum atomic E-state index is 12.3. The monoisotopic (exact) mass is 423 g/mol. The molecule has 0 saturated carbocycles. The highest BCUT2D eigenvalue weighted by Gasteiger charge is 2.11. The van der Waals surface area contributed by atoms with Crippen molar-refractivity contribution in [2.75, 3.05) is 11.9 Å². The third-order valence-electron chi connectivity index (χ3n) is 4.44. The summed E-state index contributed by atoms with van der Waals surface area (Å²) in [7, 11) is 0. The Bertz CT molecular complexity index is 1030. The number of aromatic nitrogens is 1. The van der Waals surface area contributed by atoms with E-state index in [4.69, 9.17) is 11.6 Å². The number of aryl methyl sites for hydroxylation is 1. The van der Waals surface area contributed by atoms with Gasteiger partial charge in [0, 0.05) is 29.0 Å². The molecule has 154 valence electrons. The highest BCUT2D eigenvalue weighted by molar-refractivity contribution is 6.30. The van der Waals surface area contributed by atoms with Crippen LogP contribution in [0.3, 0.4) is 0 Å². The molecule has 0 aliphatic rings. The van der Waals surface area contributed by atoms with Crippen LogP contribution in [-0.2, 0) is 17.6 Å². The van der Waals surface area contributed by atoms with E-state index in [0.717, 1.165) is 12.8 Å². The van der Waals surface area contributed by atoms with Crippen LogP contribution >= 0.6 is 11.6 Å². The van der Waals surface area contributed by atoms with Crippen molar-refractivity contribution in [2.24, 2.45) is 0 Å². The summed E-state index contributed by atoms with van der Waals surface area (Å²) < 4.78 is 0. The molecule has 0 bridgehead atoms. The first kappa shape index (κ1) is 21.3. The molecule has 0 aliphatic carbocycles. The van der Waals surface area contributed by atoms with Gasteiger partial charge in [0.1, 0.15) is 11.4 Å². The molecular weight excluding hydrogens is 402 g/mol. The largest absolute Gasteiger partial charge is 0.508 e. The Morgan fingerprint density at radius 1 is 1.03 bits per heavy atom. The predicted molar refractivity (Wildman–Crippen MR) is 117 cm³/mol. The van der Waals surface area contributed by atoms with Gasteiger partial charge in [0.2, 0.25) is 5.91 Å². The number of phenolic OH excluding ortho intramolecular Hbond substituents is 1. The lowest BCUT2D eigenvalue weighted by atomic mass is 10.1. The van der Waals surface area contributed by atoms with Gasteiger partial charge in [-0.1, -0.05) is 41.9 Å². The Hall–Kier alpha value is -3.38. The maximum absolute atomic E-state index is 12.3. The number of hydrogen-bond donors (Lipinski definition) is 3. The number of benzene rings is 2. The lowest BCUT2D eigenvalue weighted by Gasteiger charge is -2.09. The minimum absolute atomic E-state index is 0.000141. The van der Waals surface area contributed by atoms with Crippen molar-refractivity contribution in [3.8, 4) is 5.75 Å². The van der Waals surface area contributed by atoms with E-state index in [2.05, 4.69) is 27.8 Å². The maximum Gasteiger partial charge on any atom is 0.269 e. The van der Waals surface area contributed by atoms with Crippen molar-refractivity contribution in [3.63, 3.8) is 0 Å². The van der Waals surface area contributed by atoms with E-state index in [1.807, 2.05) is 18.2 Å². The van der Waals surface area contributed by atoms with Crippen LogP contribution < -0.4 is 10.6 Å². The van der Waals surface area contributed by atoms with Crippen LogP contribution in [0.5, 0.6) is 5.75 Å². The van der Waals surface area contributed by atoms with Gasteiger partial charge in [0.25, 0.3) is 5.91 Å². The number of carbonyl (C=O) groups excluding carboxylic acids is 2. The molecule has 1 heterocycles. The molecule has 6 nitrogen and oxygen atoms in total. The summed E-state index contributed by atoms with van der Waals surface area (Å²) in [5, 5.41) is 15.8. The Kier molecular flexibility index (Phi) is 7.40. The highest BCUT2D eigenvalue weighted by Crippen LogP contribution is 2.22. The topological polar surface area (TPSA) is 91.3 Å². The van der Waals surface area contributed by atoms with Crippen LogP contribution in [0, 0.1) is 0 Å². The van der Waals surface area contributed by atoms with E-state index in [0.29, 0.717) is 22.8 Å². The van der Waals surface area contributed by atoms with Crippen molar-refractivity contribution >= 4 is 29.1 Å². The molecular formula is C23H22ClN3O3. The van der Waals surface area contributed by atoms with Crippen LogP contribution in [0.4, 0.5) is 5.69 Å². The molecule has 0 fully saturated rings. The second-order valence-electron chi connectivity index (χ2n) is 6.77. The Labute approximate surface area is 179 Å².